The average molecular weight is 1690 g/mol. The van der Waals surface area contributed by atoms with Crippen molar-refractivity contribution in [2.45, 2.75) is 436 Å². The number of rotatable bonds is 41. The third-order valence-electron chi connectivity index (χ3n) is 25.4. The van der Waals surface area contributed by atoms with Gasteiger partial charge in [-0.1, -0.05) is 378 Å². The Labute approximate surface area is 738 Å². The quantitative estimate of drug-likeness (QED) is 0.0103. The summed E-state index contributed by atoms with van der Waals surface area (Å²) in [7, 11) is 0. The van der Waals surface area contributed by atoms with E-state index in [1.54, 1.807) is 0 Å². The van der Waals surface area contributed by atoms with Crippen LogP contribution in [-0.2, 0) is 110 Å². The topological polar surface area (TPSA) is 256 Å². The summed E-state index contributed by atoms with van der Waals surface area (Å²) in [5.41, 5.74) is 1.76. The predicted octanol–water partition coefficient (Wildman–Crippen LogP) is 27.5. The van der Waals surface area contributed by atoms with Crippen molar-refractivity contribution in [2.24, 2.45) is 35.0 Å². The number of unbranched alkanes of at least 4 members (excludes halogenated alkanes) is 15. The highest BCUT2D eigenvalue weighted by Gasteiger charge is 2.47. The third kappa shape index (κ3) is 30.5. The maximum absolute atomic E-state index is 15.9. The van der Waals surface area contributed by atoms with Gasteiger partial charge in [0.25, 0.3) is 0 Å². The number of phenolic OH excluding ortho intramolecular Hbond substituents is 4. The van der Waals surface area contributed by atoms with Crippen LogP contribution in [0.4, 0.5) is 0 Å². The maximum Gasteiger partial charge on any atom is 0.314 e. The number of hydrogen-bond donors (Lipinski definition) is 8. The molecule has 0 saturated heterocycles. The van der Waals surface area contributed by atoms with Gasteiger partial charge in [-0.05, 0) is 196 Å². The lowest BCUT2D eigenvalue weighted by Crippen LogP contribution is -2.40. The molecule has 14 nitrogen and oxygen atoms in total. The molecule has 0 bridgehead atoms. The predicted molar refractivity (Wildman–Crippen MR) is 503 cm³/mol. The van der Waals surface area contributed by atoms with Gasteiger partial charge in [-0.15, -0.1) is 0 Å². The first-order chi connectivity index (χ1) is 55.6. The lowest BCUT2D eigenvalue weighted by atomic mass is 9.62. The van der Waals surface area contributed by atoms with Gasteiger partial charge in [0.1, 0.15) is 28.7 Å². The summed E-state index contributed by atoms with van der Waals surface area (Å²) in [6, 6.07) is 18.9. The molecule has 0 saturated carbocycles. The fourth-order valence-corrected chi connectivity index (χ4v) is 18.3. The molecule has 0 aliphatic heterocycles. The van der Waals surface area contributed by atoms with E-state index < -0.39 is 119 Å². The zero-order valence-corrected chi connectivity index (χ0v) is 82.1. The van der Waals surface area contributed by atoms with Crippen LogP contribution in [0.2, 0.25) is 0 Å². The number of carboxylic acids is 4. The largest absolute Gasteiger partial charge is 0.507 e. The molecule has 0 radical (unpaired) electrons. The standard InChI is InChI=1S/C108H168O14/c1-32-33-34-35-36-37-38-39-40-41-42-43-44-45-46-47-48-73(49-68-54-78(98(2,3)4)88(109)79(55-68)99(5,6)7)97(121)122-92-86(106(26,27)28)62-72(63-87(92)107(29,30)31)53-77(96(119)120)67-108(64-74(93(113)114)50-69-56-80(100(8,9)10)89(110)81(57-69)101(11,12)13,65-75(94(115)116)51-70-58-82(102(14,15)16)90(111)83(59-70)103(17,18)19)66-76(95(117)118)52-71-60-84(104(20,21)22)91(112)85(61-71)105(23,24)25/h54-63,73-77,109-112H,32-53,64-67H2,1-31H3,(H,113,114)(H,115,116)(H,117,118)(H,119,120). The number of esters is 1. The molecule has 0 aliphatic carbocycles. The minimum Gasteiger partial charge on any atom is -0.507 e. The molecular weight excluding hydrogens is 1520 g/mol. The van der Waals surface area contributed by atoms with Crippen molar-refractivity contribution in [3.05, 3.63) is 144 Å². The van der Waals surface area contributed by atoms with E-state index in [1.807, 2.05) is 215 Å². The van der Waals surface area contributed by atoms with E-state index in [-0.39, 0.29) is 74.4 Å². The number of aliphatic carboxylic acids is 4. The van der Waals surface area contributed by atoms with Gasteiger partial charge >= 0.3 is 29.8 Å². The van der Waals surface area contributed by atoms with E-state index in [9.17, 15) is 55.2 Å². The van der Waals surface area contributed by atoms with Crippen LogP contribution in [0.5, 0.6) is 28.7 Å². The molecule has 14 heteroatoms. The Balaban J connectivity index is 1.84. The SMILES string of the molecule is CCCCCCCCCCCCCCCCCCC(Cc1cc(C(C)(C)C)c(O)c(C(C)(C)C)c1)C(=O)Oc1c(C(C)(C)C)cc(CC(CC(CC(Cc2cc(C(C)(C)C)c(O)c(C(C)(C)C)c2)C(=O)O)(CC(Cc2cc(C(C)(C)C)c(O)c(C(C)(C)C)c2)C(=O)O)CC(Cc2cc(C(C)(C)C)c(O)c(C(C)(C)C)c2)C(=O)O)C(=O)O)cc1C(C)(C)C. The second-order valence-electron chi connectivity index (χ2n) is 47.4. The molecule has 5 unspecified atom stereocenters. The minimum atomic E-state index is -1.75. The molecule has 5 aromatic rings. The van der Waals surface area contributed by atoms with Gasteiger partial charge in [-0.25, -0.2) is 0 Å². The lowest BCUT2D eigenvalue weighted by Gasteiger charge is -2.42. The minimum absolute atomic E-state index is 0.0835. The first-order valence-corrected chi connectivity index (χ1v) is 46.4. The number of phenols is 4. The normalized spacial score (nSPS) is 14.9. The second kappa shape index (κ2) is 41.8. The lowest BCUT2D eigenvalue weighted by molar-refractivity contribution is -0.147. The van der Waals surface area contributed by atoms with E-state index in [0.29, 0.717) is 85.4 Å². The summed E-state index contributed by atoms with van der Waals surface area (Å²) in [6.07, 6.45) is 18.2. The van der Waals surface area contributed by atoms with Crippen LogP contribution < -0.4 is 4.74 Å². The summed E-state index contributed by atoms with van der Waals surface area (Å²) in [5.74, 6) is -10.8. The monoisotopic (exact) mass is 1690 g/mol. The number of carboxylic acid groups (broad SMARTS) is 4. The van der Waals surface area contributed by atoms with Crippen molar-refractivity contribution < 1.29 is 69.6 Å². The van der Waals surface area contributed by atoms with Crippen LogP contribution in [0.3, 0.4) is 0 Å². The first-order valence-electron chi connectivity index (χ1n) is 46.4. The molecule has 0 aliphatic rings. The van der Waals surface area contributed by atoms with Gasteiger partial charge < -0.3 is 45.6 Å². The zero-order chi connectivity index (χ0) is 93.0. The van der Waals surface area contributed by atoms with Gasteiger partial charge in [0, 0.05) is 11.1 Å². The molecule has 5 rings (SSSR count). The molecule has 122 heavy (non-hydrogen) atoms. The Hall–Kier alpha value is -7.35. The number of carbonyl (C=O) groups excluding carboxylic acids is 1. The van der Waals surface area contributed by atoms with Crippen molar-refractivity contribution in [2.75, 3.05) is 0 Å². The highest BCUT2D eigenvalue weighted by molar-refractivity contribution is 5.78. The summed E-state index contributed by atoms with van der Waals surface area (Å²) < 4.78 is 7.06. The molecule has 5 aromatic carbocycles. The maximum atomic E-state index is 15.9. The fraction of sp³-hybridized carbons (Fsp3) is 0.676. The van der Waals surface area contributed by atoms with Crippen molar-refractivity contribution in [3.8, 4) is 28.7 Å². The van der Waals surface area contributed by atoms with Gasteiger partial charge in [0.2, 0.25) is 0 Å². The molecule has 0 amide bonds. The molecule has 0 aromatic heterocycles. The smallest absolute Gasteiger partial charge is 0.314 e. The molecule has 684 valence electrons. The van der Waals surface area contributed by atoms with Crippen LogP contribution in [0, 0.1) is 35.0 Å². The highest BCUT2D eigenvalue weighted by Crippen LogP contribution is 2.52. The molecular formula is C108H168O14. The van der Waals surface area contributed by atoms with Gasteiger partial charge in [-0.3, -0.25) is 24.0 Å². The average Bonchev–Trinajstić information content (AvgIpc) is 0.776. The summed E-state index contributed by atoms with van der Waals surface area (Å²) in [4.78, 5) is 75.5. The van der Waals surface area contributed by atoms with Crippen LogP contribution in [0.15, 0.2) is 60.7 Å². The second-order valence-corrected chi connectivity index (χ2v) is 47.4. The molecule has 0 spiro atoms. The number of hydrogen-bond acceptors (Lipinski definition) is 10. The third-order valence-corrected chi connectivity index (χ3v) is 25.4. The van der Waals surface area contributed by atoms with Gasteiger partial charge in [0.05, 0.1) is 29.6 Å². The van der Waals surface area contributed by atoms with E-state index >= 15 is 9.59 Å². The summed E-state index contributed by atoms with van der Waals surface area (Å²) in [6.45, 7) is 62.3. The Bertz CT molecular complexity index is 3910. The number of ether oxygens (including phenoxy) is 1. The Morgan fingerprint density at radius 2 is 0.418 bits per heavy atom. The highest BCUT2D eigenvalue weighted by atomic mass is 16.5. The number of carbonyl (C=O) groups is 5. The molecule has 8 N–H and O–H groups in total. The van der Waals surface area contributed by atoms with E-state index in [4.69, 9.17) is 4.74 Å². The summed E-state index contributed by atoms with van der Waals surface area (Å²) >= 11 is 0. The van der Waals surface area contributed by atoms with Gasteiger partial charge in [0.15, 0.2) is 0 Å². The fourth-order valence-electron chi connectivity index (χ4n) is 18.3. The molecule has 0 heterocycles. The summed E-state index contributed by atoms with van der Waals surface area (Å²) in [5, 5.41) is 96.7. The number of aromatic hydroxyl groups is 4. The van der Waals surface area contributed by atoms with Crippen LogP contribution >= 0.6 is 0 Å². The van der Waals surface area contributed by atoms with Crippen LogP contribution in [0.25, 0.3) is 0 Å². The Morgan fingerprint density at radius 3 is 0.590 bits per heavy atom. The number of benzene rings is 5. The van der Waals surface area contributed by atoms with Crippen LogP contribution in [-0.4, -0.2) is 70.7 Å². The van der Waals surface area contributed by atoms with Crippen molar-refractivity contribution >= 4 is 29.8 Å². The van der Waals surface area contributed by atoms with Crippen LogP contribution in [0.1, 0.15) is 433 Å². The Kier molecular flexibility index (Phi) is 36.1. The molecule has 0 fully saturated rings. The van der Waals surface area contributed by atoms with Crippen molar-refractivity contribution in [1.82, 2.24) is 0 Å². The van der Waals surface area contributed by atoms with E-state index in [2.05, 4.69) is 60.6 Å². The van der Waals surface area contributed by atoms with Crippen molar-refractivity contribution in [3.63, 3.8) is 0 Å². The zero-order valence-electron chi connectivity index (χ0n) is 82.1. The Morgan fingerprint density at radius 1 is 0.254 bits per heavy atom. The van der Waals surface area contributed by atoms with E-state index in [0.717, 1.165) is 42.4 Å². The van der Waals surface area contributed by atoms with Gasteiger partial charge in [-0.2, -0.15) is 0 Å². The van der Waals surface area contributed by atoms with E-state index in [1.165, 1.54) is 77.0 Å². The molecule has 5 atom stereocenters. The van der Waals surface area contributed by atoms with Crippen molar-refractivity contribution in [1.29, 1.82) is 0 Å². The first kappa shape index (κ1) is 105.